The number of likely N-dealkylation sites (N-methyl/N-ethyl adjacent to an activating group) is 1. The number of piperidine rings is 1. The summed E-state index contributed by atoms with van der Waals surface area (Å²) in [5.74, 6) is 1.30. The zero-order valence-corrected chi connectivity index (χ0v) is 9.71. The van der Waals surface area contributed by atoms with Crippen LogP contribution in [0.2, 0.25) is 0 Å². The van der Waals surface area contributed by atoms with Crippen LogP contribution in [0, 0.1) is 11.8 Å². The molecule has 1 N–H and O–H groups in total. The van der Waals surface area contributed by atoms with Gasteiger partial charge in [0.25, 0.3) is 0 Å². The fraction of sp³-hybridized carbons (Fsp3) is 0.909. The van der Waals surface area contributed by atoms with Gasteiger partial charge in [-0.15, -0.1) is 0 Å². The van der Waals surface area contributed by atoms with Crippen LogP contribution in [0.3, 0.4) is 0 Å². The molecule has 0 spiro atoms. The van der Waals surface area contributed by atoms with Gasteiger partial charge in [0.1, 0.15) is 0 Å². The fourth-order valence-corrected chi connectivity index (χ4v) is 2.18. The van der Waals surface area contributed by atoms with Crippen LogP contribution in [-0.4, -0.2) is 37.5 Å². The first-order valence-corrected chi connectivity index (χ1v) is 5.48. The molecule has 0 bridgehead atoms. The van der Waals surface area contributed by atoms with Crippen molar-refractivity contribution >= 4 is 5.91 Å². The number of hydrogen-bond donors (Lipinski definition) is 1. The molecule has 3 heteroatoms. The predicted molar refractivity (Wildman–Crippen MR) is 58.0 cm³/mol. The Labute approximate surface area is 86.9 Å². The topological polar surface area (TPSA) is 32.3 Å². The molecular formula is C11H22N2O. The number of nitrogens with zero attached hydrogens (tertiary/aromatic N) is 1. The Bertz CT molecular complexity index is 201. The Hall–Kier alpha value is -0.570. The number of carbonyl (C=O) groups excluding carboxylic acids is 1. The first kappa shape index (κ1) is 11.5. The van der Waals surface area contributed by atoms with Crippen molar-refractivity contribution in [3.8, 4) is 0 Å². The van der Waals surface area contributed by atoms with Crippen molar-refractivity contribution in [3.05, 3.63) is 0 Å². The van der Waals surface area contributed by atoms with Gasteiger partial charge in [0.15, 0.2) is 0 Å². The zero-order chi connectivity index (χ0) is 10.7. The quantitative estimate of drug-likeness (QED) is 0.720. The minimum absolute atomic E-state index is 0.0405. The maximum Gasteiger partial charge on any atom is 0.239 e. The number of nitrogens with one attached hydrogen (secondary N) is 1. The van der Waals surface area contributed by atoms with E-state index in [2.05, 4.69) is 19.2 Å². The highest BCUT2D eigenvalue weighted by Crippen LogP contribution is 2.25. The Morgan fingerprint density at radius 1 is 1.43 bits per heavy atom. The van der Waals surface area contributed by atoms with Crippen LogP contribution in [0.1, 0.15) is 26.7 Å². The minimum atomic E-state index is 0.0405. The van der Waals surface area contributed by atoms with Crippen LogP contribution in [0.25, 0.3) is 0 Å². The van der Waals surface area contributed by atoms with Crippen molar-refractivity contribution in [2.75, 3.05) is 20.6 Å². The summed E-state index contributed by atoms with van der Waals surface area (Å²) < 4.78 is 0. The van der Waals surface area contributed by atoms with Crippen molar-refractivity contribution in [2.24, 2.45) is 11.8 Å². The normalized spacial score (nSPS) is 27.8. The second-order valence-corrected chi connectivity index (χ2v) is 4.71. The molecule has 14 heavy (non-hydrogen) atoms. The van der Waals surface area contributed by atoms with Gasteiger partial charge >= 0.3 is 0 Å². The van der Waals surface area contributed by atoms with Crippen LogP contribution in [-0.2, 0) is 4.79 Å². The van der Waals surface area contributed by atoms with Crippen LogP contribution in [0.15, 0.2) is 0 Å². The Morgan fingerprint density at radius 3 is 2.57 bits per heavy atom. The van der Waals surface area contributed by atoms with Gasteiger partial charge in [-0.3, -0.25) is 4.79 Å². The van der Waals surface area contributed by atoms with Gasteiger partial charge in [0.05, 0.1) is 6.04 Å². The van der Waals surface area contributed by atoms with Crippen molar-refractivity contribution in [1.29, 1.82) is 0 Å². The van der Waals surface area contributed by atoms with E-state index >= 15 is 0 Å². The van der Waals surface area contributed by atoms with Gasteiger partial charge in [-0.2, -0.15) is 0 Å². The van der Waals surface area contributed by atoms with Gasteiger partial charge < -0.3 is 10.2 Å². The van der Waals surface area contributed by atoms with Crippen molar-refractivity contribution in [2.45, 2.75) is 32.7 Å². The molecule has 0 radical (unpaired) electrons. The largest absolute Gasteiger partial charge is 0.347 e. The van der Waals surface area contributed by atoms with Gasteiger partial charge in [0.2, 0.25) is 5.91 Å². The third-order valence-electron chi connectivity index (χ3n) is 3.07. The van der Waals surface area contributed by atoms with E-state index in [-0.39, 0.29) is 11.9 Å². The molecular weight excluding hydrogens is 176 g/mol. The SMILES string of the molecule is CC(C)C1CCCNC1C(=O)N(C)C. The third-order valence-corrected chi connectivity index (χ3v) is 3.07. The molecule has 1 aliphatic heterocycles. The first-order chi connectivity index (χ1) is 6.54. The van der Waals surface area contributed by atoms with Gasteiger partial charge in [-0.25, -0.2) is 0 Å². The Kier molecular flexibility index (Phi) is 3.93. The summed E-state index contributed by atoms with van der Waals surface area (Å²) in [6.07, 6.45) is 2.37. The lowest BCUT2D eigenvalue weighted by atomic mass is 9.81. The number of rotatable bonds is 2. The van der Waals surface area contributed by atoms with E-state index in [0.29, 0.717) is 11.8 Å². The molecule has 0 aromatic rings. The van der Waals surface area contributed by atoms with Crippen LogP contribution < -0.4 is 5.32 Å². The van der Waals surface area contributed by atoms with Crippen LogP contribution >= 0.6 is 0 Å². The maximum absolute atomic E-state index is 11.9. The summed E-state index contributed by atoms with van der Waals surface area (Å²) in [6.45, 7) is 5.38. The average molecular weight is 198 g/mol. The number of amides is 1. The molecule has 2 unspecified atom stereocenters. The molecule has 1 heterocycles. The van der Waals surface area contributed by atoms with E-state index in [9.17, 15) is 4.79 Å². The van der Waals surface area contributed by atoms with E-state index < -0.39 is 0 Å². The monoisotopic (exact) mass is 198 g/mol. The standard InChI is InChI=1S/C11H22N2O/c1-8(2)9-6-5-7-12-10(9)11(14)13(3)4/h8-10,12H,5-7H2,1-4H3. The highest BCUT2D eigenvalue weighted by Gasteiger charge is 2.33. The van der Waals surface area contributed by atoms with Crippen molar-refractivity contribution in [1.82, 2.24) is 10.2 Å². The molecule has 1 amide bonds. The maximum atomic E-state index is 11.9. The minimum Gasteiger partial charge on any atom is -0.347 e. The van der Waals surface area contributed by atoms with Crippen molar-refractivity contribution in [3.63, 3.8) is 0 Å². The summed E-state index contributed by atoms with van der Waals surface area (Å²) in [4.78, 5) is 13.6. The lowest BCUT2D eigenvalue weighted by Gasteiger charge is -2.35. The summed E-state index contributed by atoms with van der Waals surface area (Å²) in [7, 11) is 3.66. The summed E-state index contributed by atoms with van der Waals surface area (Å²) in [6, 6.07) is 0.0405. The highest BCUT2D eigenvalue weighted by atomic mass is 16.2. The highest BCUT2D eigenvalue weighted by molar-refractivity contribution is 5.81. The van der Waals surface area contributed by atoms with Crippen LogP contribution in [0.4, 0.5) is 0 Å². The second-order valence-electron chi connectivity index (χ2n) is 4.71. The van der Waals surface area contributed by atoms with Crippen molar-refractivity contribution < 1.29 is 4.79 Å². The van der Waals surface area contributed by atoms with E-state index in [0.717, 1.165) is 6.54 Å². The molecule has 1 saturated heterocycles. The fourth-order valence-electron chi connectivity index (χ4n) is 2.18. The first-order valence-electron chi connectivity index (χ1n) is 5.48. The molecule has 0 aliphatic carbocycles. The summed E-state index contributed by atoms with van der Waals surface area (Å²) in [5.41, 5.74) is 0. The number of hydrogen-bond acceptors (Lipinski definition) is 2. The van der Waals surface area contributed by atoms with Gasteiger partial charge in [-0.1, -0.05) is 13.8 Å². The Balaban J connectivity index is 2.67. The molecule has 1 fully saturated rings. The lowest BCUT2D eigenvalue weighted by Crippen LogP contribution is -2.52. The van der Waals surface area contributed by atoms with Gasteiger partial charge in [-0.05, 0) is 31.2 Å². The number of carbonyl (C=O) groups is 1. The molecule has 0 aromatic heterocycles. The molecule has 0 aromatic carbocycles. The smallest absolute Gasteiger partial charge is 0.239 e. The van der Waals surface area contributed by atoms with E-state index in [1.165, 1.54) is 12.8 Å². The summed E-state index contributed by atoms with van der Waals surface area (Å²) in [5, 5.41) is 3.34. The second kappa shape index (κ2) is 4.78. The summed E-state index contributed by atoms with van der Waals surface area (Å²) >= 11 is 0. The van der Waals surface area contributed by atoms with E-state index in [1.54, 1.807) is 4.90 Å². The van der Waals surface area contributed by atoms with Gasteiger partial charge in [0, 0.05) is 14.1 Å². The molecule has 1 rings (SSSR count). The average Bonchev–Trinajstić information content (AvgIpc) is 2.16. The lowest BCUT2D eigenvalue weighted by molar-refractivity contribution is -0.133. The molecule has 82 valence electrons. The van der Waals surface area contributed by atoms with E-state index in [1.807, 2.05) is 14.1 Å². The van der Waals surface area contributed by atoms with Crippen LogP contribution in [0.5, 0.6) is 0 Å². The predicted octanol–water partition coefficient (Wildman–Crippen LogP) is 1.10. The molecule has 1 aliphatic rings. The third kappa shape index (κ3) is 2.47. The van der Waals surface area contributed by atoms with E-state index in [4.69, 9.17) is 0 Å². The molecule has 3 nitrogen and oxygen atoms in total. The molecule has 2 atom stereocenters. The molecule has 0 saturated carbocycles. The Morgan fingerprint density at radius 2 is 2.07 bits per heavy atom. The zero-order valence-electron chi connectivity index (χ0n) is 9.71.